The van der Waals surface area contributed by atoms with Crippen LogP contribution >= 0.6 is 0 Å². The molecule has 0 bridgehead atoms. The maximum Gasteiger partial charge on any atom is 0.334 e. The molecule has 0 aliphatic heterocycles. The van der Waals surface area contributed by atoms with Crippen LogP contribution in [0.1, 0.15) is 23.4 Å². The highest BCUT2D eigenvalue weighted by molar-refractivity contribution is 5.78. The Balaban J connectivity index is 2.36. The second-order valence-corrected chi connectivity index (χ2v) is 3.96. The van der Waals surface area contributed by atoms with Gasteiger partial charge in [-0.2, -0.15) is 0 Å². The molecule has 0 aliphatic rings. The summed E-state index contributed by atoms with van der Waals surface area (Å²) in [6.07, 6.45) is -0.918. The largest absolute Gasteiger partial charge is 0.479 e. The van der Waals surface area contributed by atoms with Gasteiger partial charge in [0.1, 0.15) is 5.76 Å². The molecule has 0 aromatic carbocycles. The van der Waals surface area contributed by atoms with Crippen LogP contribution < -0.4 is 5.32 Å². The highest BCUT2D eigenvalue weighted by Crippen LogP contribution is 2.13. The van der Waals surface area contributed by atoms with E-state index in [1.54, 1.807) is 13.8 Å². The summed E-state index contributed by atoms with van der Waals surface area (Å²) in [5.41, 5.74) is 1.62. The number of carboxylic acids is 1. The number of rotatable bonds is 6. The Bertz CT molecular complexity index is 421. The van der Waals surface area contributed by atoms with Gasteiger partial charge in [-0.15, -0.1) is 0 Å². The molecule has 0 fully saturated rings. The zero-order valence-corrected chi connectivity index (χ0v) is 10.3. The number of aliphatic hydroxyl groups excluding tert-OH is 1. The van der Waals surface area contributed by atoms with Crippen LogP contribution in [-0.4, -0.2) is 39.9 Å². The molecule has 0 radical (unpaired) electrons. The van der Waals surface area contributed by atoms with Crippen LogP contribution in [0.15, 0.2) is 4.52 Å². The van der Waals surface area contributed by atoms with Crippen molar-refractivity contribution >= 4 is 11.9 Å². The van der Waals surface area contributed by atoms with E-state index in [1.807, 2.05) is 0 Å². The quantitative estimate of drug-likeness (QED) is 0.649. The summed E-state index contributed by atoms with van der Waals surface area (Å²) in [7, 11) is 0. The highest BCUT2D eigenvalue weighted by atomic mass is 16.5. The van der Waals surface area contributed by atoms with Crippen molar-refractivity contribution < 1.29 is 24.3 Å². The molecule has 1 rings (SSSR count). The van der Waals surface area contributed by atoms with Gasteiger partial charge in [-0.1, -0.05) is 5.16 Å². The minimum atomic E-state index is -1.58. The second kappa shape index (κ2) is 6.15. The Kier molecular flexibility index (Phi) is 4.85. The van der Waals surface area contributed by atoms with E-state index in [1.165, 1.54) is 0 Å². The van der Waals surface area contributed by atoms with Gasteiger partial charge in [0.05, 0.1) is 12.2 Å². The lowest BCUT2D eigenvalue weighted by Crippen LogP contribution is -2.36. The summed E-state index contributed by atoms with van der Waals surface area (Å²) < 4.78 is 4.96. The van der Waals surface area contributed by atoms with Crippen LogP contribution in [0.5, 0.6) is 0 Å². The SMILES string of the molecule is Cc1noc(C)c1CCC(=O)NC[C@H](O)C(=O)O. The summed E-state index contributed by atoms with van der Waals surface area (Å²) in [4.78, 5) is 21.7. The number of nitrogens with one attached hydrogen (secondary N) is 1. The van der Waals surface area contributed by atoms with Crippen molar-refractivity contribution in [2.75, 3.05) is 6.54 Å². The first-order valence-electron chi connectivity index (χ1n) is 5.51. The van der Waals surface area contributed by atoms with E-state index in [2.05, 4.69) is 10.5 Å². The summed E-state index contributed by atoms with van der Waals surface area (Å²) in [6.45, 7) is 3.26. The molecule has 100 valence electrons. The van der Waals surface area contributed by atoms with Gasteiger partial charge in [-0.3, -0.25) is 4.79 Å². The normalized spacial score (nSPS) is 12.2. The number of carboxylic acid groups (broad SMARTS) is 1. The molecule has 0 spiro atoms. The topological polar surface area (TPSA) is 113 Å². The van der Waals surface area contributed by atoms with Gasteiger partial charge in [-0.25, -0.2) is 4.79 Å². The average Bonchev–Trinajstić information content (AvgIpc) is 2.63. The fourth-order valence-electron chi connectivity index (χ4n) is 1.48. The van der Waals surface area contributed by atoms with E-state index >= 15 is 0 Å². The summed E-state index contributed by atoms with van der Waals surface area (Å²) in [6, 6.07) is 0. The number of carbonyl (C=O) groups is 2. The first kappa shape index (κ1) is 14.2. The number of amides is 1. The first-order valence-corrected chi connectivity index (χ1v) is 5.51. The third-order valence-corrected chi connectivity index (χ3v) is 2.56. The second-order valence-electron chi connectivity index (χ2n) is 3.96. The predicted octanol–water partition coefficient (Wildman–Crippen LogP) is -0.214. The van der Waals surface area contributed by atoms with E-state index in [0.717, 1.165) is 11.3 Å². The summed E-state index contributed by atoms with van der Waals surface area (Å²) in [5.74, 6) is -1.01. The Morgan fingerprint density at radius 3 is 2.61 bits per heavy atom. The van der Waals surface area contributed by atoms with E-state index in [-0.39, 0.29) is 18.9 Å². The number of hydrogen-bond donors (Lipinski definition) is 3. The van der Waals surface area contributed by atoms with Crippen LogP contribution in [0, 0.1) is 13.8 Å². The molecule has 7 nitrogen and oxygen atoms in total. The van der Waals surface area contributed by atoms with Crippen molar-refractivity contribution in [2.45, 2.75) is 32.8 Å². The molecule has 18 heavy (non-hydrogen) atoms. The van der Waals surface area contributed by atoms with E-state index in [0.29, 0.717) is 12.2 Å². The van der Waals surface area contributed by atoms with Gasteiger partial charge in [0.25, 0.3) is 0 Å². The van der Waals surface area contributed by atoms with Gasteiger partial charge in [0.15, 0.2) is 6.10 Å². The number of hydrogen-bond acceptors (Lipinski definition) is 5. The third-order valence-electron chi connectivity index (χ3n) is 2.56. The van der Waals surface area contributed by atoms with Crippen molar-refractivity contribution in [1.82, 2.24) is 10.5 Å². The van der Waals surface area contributed by atoms with Crippen LogP contribution in [-0.2, 0) is 16.0 Å². The monoisotopic (exact) mass is 256 g/mol. The van der Waals surface area contributed by atoms with Gasteiger partial charge in [0, 0.05) is 12.0 Å². The summed E-state index contributed by atoms with van der Waals surface area (Å²) in [5, 5.41) is 23.5. The number of nitrogens with zero attached hydrogens (tertiary/aromatic N) is 1. The lowest BCUT2D eigenvalue weighted by molar-refractivity contribution is -0.146. The first-order chi connectivity index (χ1) is 8.41. The molecule has 3 N–H and O–H groups in total. The van der Waals surface area contributed by atoms with Gasteiger partial charge >= 0.3 is 5.97 Å². The molecule has 0 saturated carbocycles. The van der Waals surface area contributed by atoms with Crippen molar-refractivity contribution in [1.29, 1.82) is 0 Å². The maximum atomic E-state index is 11.4. The molecule has 0 unspecified atom stereocenters. The van der Waals surface area contributed by atoms with Crippen molar-refractivity contribution in [3.63, 3.8) is 0 Å². The predicted molar refractivity (Wildman–Crippen MR) is 61.0 cm³/mol. The van der Waals surface area contributed by atoms with Crippen LogP contribution in [0.3, 0.4) is 0 Å². The molecule has 7 heteroatoms. The number of aliphatic carboxylic acids is 1. The molecule has 1 atom stereocenters. The number of carbonyl (C=O) groups excluding carboxylic acids is 1. The van der Waals surface area contributed by atoms with Crippen molar-refractivity contribution in [2.24, 2.45) is 0 Å². The fourth-order valence-corrected chi connectivity index (χ4v) is 1.48. The van der Waals surface area contributed by atoms with Gasteiger partial charge in [0.2, 0.25) is 5.91 Å². The maximum absolute atomic E-state index is 11.4. The molecule has 0 saturated heterocycles. The summed E-state index contributed by atoms with van der Waals surface area (Å²) >= 11 is 0. The van der Waals surface area contributed by atoms with Crippen LogP contribution in [0.25, 0.3) is 0 Å². The van der Waals surface area contributed by atoms with Crippen LogP contribution in [0.2, 0.25) is 0 Å². The Hall–Kier alpha value is -1.89. The lowest BCUT2D eigenvalue weighted by atomic mass is 10.1. The standard InChI is InChI=1S/C11H16N2O5/c1-6-8(7(2)18-13-6)3-4-10(15)12-5-9(14)11(16)17/h9,14H,3-5H2,1-2H3,(H,12,15)(H,16,17)/t9-/m0/s1. The Labute approximate surface area is 104 Å². The average molecular weight is 256 g/mol. The van der Waals surface area contributed by atoms with E-state index in [9.17, 15) is 9.59 Å². The molecule has 1 aromatic rings. The minimum Gasteiger partial charge on any atom is -0.479 e. The zero-order chi connectivity index (χ0) is 13.7. The molecule has 1 amide bonds. The number of aryl methyl sites for hydroxylation is 2. The van der Waals surface area contributed by atoms with Gasteiger partial charge < -0.3 is 20.1 Å². The highest BCUT2D eigenvalue weighted by Gasteiger charge is 2.15. The smallest absolute Gasteiger partial charge is 0.334 e. The van der Waals surface area contributed by atoms with Crippen LogP contribution in [0.4, 0.5) is 0 Å². The van der Waals surface area contributed by atoms with Crippen molar-refractivity contribution in [3.05, 3.63) is 17.0 Å². The van der Waals surface area contributed by atoms with Crippen molar-refractivity contribution in [3.8, 4) is 0 Å². The lowest BCUT2D eigenvalue weighted by Gasteiger charge is -2.07. The molecule has 1 aromatic heterocycles. The minimum absolute atomic E-state index is 0.190. The molecular formula is C11H16N2O5. The van der Waals surface area contributed by atoms with E-state index in [4.69, 9.17) is 14.7 Å². The zero-order valence-electron chi connectivity index (χ0n) is 10.3. The fraction of sp³-hybridized carbons (Fsp3) is 0.545. The molecule has 1 heterocycles. The molecular weight excluding hydrogens is 240 g/mol. The third kappa shape index (κ3) is 3.85. The number of aromatic nitrogens is 1. The van der Waals surface area contributed by atoms with Gasteiger partial charge in [-0.05, 0) is 20.3 Å². The Morgan fingerprint density at radius 1 is 1.44 bits per heavy atom. The molecule has 0 aliphatic carbocycles. The number of aliphatic hydroxyl groups is 1. The Morgan fingerprint density at radius 2 is 2.11 bits per heavy atom. The van der Waals surface area contributed by atoms with E-state index < -0.39 is 12.1 Å².